The summed E-state index contributed by atoms with van der Waals surface area (Å²) < 4.78 is 0. The van der Waals surface area contributed by atoms with Crippen molar-refractivity contribution < 1.29 is 9.72 Å². The minimum atomic E-state index is -0.679. The fraction of sp³-hybridized carbons (Fsp3) is 0.278. The van der Waals surface area contributed by atoms with E-state index in [9.17, 15) is 14.9 Å². The lowest BCUT2D eigenvalue weighted by molar-refractivity contribution is -0.385. The van der Waals surface area contributed by atoms with Gasteiger partial charge in [0.1, 0.15) is 0 Å². The second-order valence-corrected chi connectivity index (χ2v) is 6.34. The molecule has 1 aliphatic heterocycles. The Morgan fingerprint density at radius 3 is 2.50 bits per heavy atom. The van der Waals surface area contributed by atoms with Crippen LogP contribution >= 0.6 is 12.4 Å². The molecular formula is C18H21ClN4O3. The first-order chi connectivity index (χ1) is 12.0. The predicted octanol–water partition coefficient (Wildman–Crippen LogP) is 2.04. The van der Waals surface area contributed by atoms with Crippen LogP contribution in [0.2, 0.25) is 0 Å². The summed E-state index contributed by atoms with van der Waals surface area (Å²) in [4.78, 5) is 24.2. The first kappa shape index (κ1) is 19.8. The van der Waals surface area contributed by atoms with Gasteiger partial charge in [0, 0.05) is 48.8 Å². The van der Waals surface area contributed by atoms with Crippen molar-refractivity contribution in [1.29, 1.82) is 0 Å². The van der Waals surface area contributed by atoms with Crippen molar-refractivity contribution in [2.24, 2.45) is 11.5 Å². The first-order valence-electron chi connectivity index (χ1n) is 8.05. The van der Waals surface area contributed by atoms with Gasteiger partial charge in [0.2, 0.25) is 5.91 Å². The number of amides is 1. The third-order valence-corrected chi connectivity index (χ3v) is 4.63. The van der Waals surface area contributed by atoms with Gasteiger partial charge in [-0.25, -0.2) is 0 Å². The Labute approximate surface area is 157 Å². The van der Waals surface area contributed by atoms with Gasteiger partial charge in [-0.05, 0) is 11.6 Å². The van der Waals surface area contributed by atoms with E-state index in [0.29, 0.717) is 18.7 Å². The highest BCUT2D eigenvalue weighted by molar-refractivity contribution is 5.93. The molecule has 26 heavy (non-hydrogen) atoms. The molecule has 0 unspecified atom stereocenters. The monoisotopic (exact) mass is 376 g/mol. The highest BCUT2D eigenvalue weighted by atomic mass is 35.5. The molecule has 1 amide bonds. The van der Waals surface area contributed by atoms with Crippen LogP contribution in [-0.2, 0) is 6.54 Å². The summed E-state index contributed by atoms with van der Waals surface area (Å²) in [5.74, 6) is -0.480. The number of benzene rings is 2. The molecule has 2 aromatic rings. The summed E-state index contributed by atoms with van der Waals surface area (Å²) in [6.45, 7) is 1.81. The van der Waals surface area contributed by atoms with Crippen molar-refractivity contribution in [3.8, 4) is 0 Å². The minimum absolute atomic E-state index is 0. The van der Waals surface area contributed by atoms with E-state index in [4.69, 9.17) is 11.5 Å². The van der Waals surface area contributed by atoms with Gasteiger partial charge in [-0.1, -0.05) is 36.4 Å². The number of carbonyl (C=O) groups excluding carboxylic acids is 1. The van der Waals surface area contributed by atoms with Gasteiger partial charge in [-0.2, -0.15) is 0 Å². The molecule has 1 fully saturated rings. The van der Waals surface area contributed by atoms with Crippen molar-refractivity contribution in [1.82, 2.24) is 4.90 Å². The first-order valence-corrected chi connectivity index (χ1v) is 8.05. The summed E-state index contributed by atoms with van der Waals surface area (Å²) in [5.41, 5.74) is 13.3. The quantitative estimate of drug-likeness (QED) is 0.612. The third-order valence-electron chi connectivity index (χ3n) is 4.63. The van der Waals surface area contributed by atoms with Crippen LogP contribution in [0.5, 0.6) is 0 Å². The average molecular weight is 377 g/mol. The zero-order valence-corrected chi connectivity index (χ0v) is 14.9. The van der Waals surface area contributed by atoms with Crippen LogP contribution in [0.25, 0.3) is 0 Å². The number of nitro groups is 1. The molecule has 0 aromatic heterocycles. The van der Waals surface area contributed by atoms with E-state index in [1.807, 2.05) is 18.2 Å². The molecule has 0 radical (unpaired) electrons. The van der Waals surface area contributed by atoms with Crippen molar-refractivity contribution in [2.45, 2.75) is 18.5 Å². The zero-order chi connectivity index (χ0) is 18.0. The number of nitro benzene ring substituents is 1. The van der Waals surface area contributed by atoms with Crippen molar-refractivity contribution >= 4 is 24.0 Å². The Kier molecular flexibility index (Phi) is 6.31. The number of nitrogens with zero attached hydrogens (tertiary/aromatic N) is 2. The lowest BCUT2D eigenvalue weighted by Gasteiger charge is -2.16. The van der Waals surface area contributed by atoms with Crippen LogP contribution in [0.4, 0.5) is 5.69 Å². The van der Waals surface area contributed by atoms with Crippen LogP contribution in [-0.4, -0.2) is 34.9 Å². The van der Waals surface area contributed by atoms with Crippen LogP contribution in [0.3, 0.4) is 0 Å². The van der Waals surface area contributed by atoms with Gasteiger partial charge in [-0.15, -0.1) is 12.4 Å². The molecular weight excluding hydrogens is 356 g/mol. The minimum Gasteiger partial charge on any atom is -0.366 e. The van der Waals surface area contributed by atoms with E-state index >= 15 is 0 Å². The second kappa shape index (κ2) is 8.27. The Hall–Kier alpha value is -2.48. The van der Waals surface area contributed by atoms with Gasteiger partial charge < -0.3 is 11.5 Å². The largest absolute Gasteiger partial charge is 0.366 e. The number of carbonyl (C=O) groups is 1. The van der Waals surface area contributed by atoms with Crippen molar-refractivity contribution in [3.05, 3.63) is 75.3 Å². The summed E-state index contributed by atoms with van der Waals surface area (Å²) in [5, 5.41) is 11.3. The maximum Gasteiger partial charge on any atom is 0.274 e. The summed E-state index contributed by atoms with van der Waals surface area (Å²) in [6, 6.07) is 14.4. The molecule has 1 saturated heterocycles. The molecule has 0 spiro atoms. The Bertz CT molecular complexity index is 800. The number of rotatable bonds is 5. The van der Waals surface area contributed by atoms with Crippen LogP contribution in [0.1, 0.15) is 27.4 Å². The average Bonchev–Trinajstić information content (AvgIpc) is 2.96. The highest BCUT2D eigenvalue weighted by Gasteiger charge is 2.32. The van der Waals surface area contributed by atoms with E-state index in [0.717, 1.165) is 6.54 Å². The molecule has 7 nitrogen and oxygen atoms in total. The molecule has 8 heteroatoms. The number of nitrogens with two attached hydrogens (primary N) is 2. The SMILES string of the molecule is Cl.NC(=O)c1ccc(CN2C[C@@H](N)[C@H](c3ccccc3)C2)c([N+](=O)[O-])c1. The van der Waals surface area contributed by atoms with Gasteiger partial charge >= 0.3 is 0 Å². The maximum absolute atomic E-state index is 11.3. The molecule has 2 atom stereocenters. The van der Waals surface area contributed by atoms with E-state index in [-0.39, 0.29) is 35.6 Å². The molecule has 1 aliphatic rings. The van der Waals surface area contributed by atoms with Crippen molar-refractivity contribution in [3.63, 3.8) is 0 Å². The summed E-state index contributed by atoms with van der Waals surface area (Å²) in [7, 11) is 0. The molecule has 0 bridgehead atoms. The van der Waals surface area contributed by atoms with E-state index in [1.165, 1.54) is 17.7 Å². The van der Waals surface area contributed by atoms with E-state index in [2.05, 4.69) is 17.0 Å². The maximum atomic E-state index is 11.3. The number of likely N-dealkylation sites (tertiary alicyclic amines) is 1. The highest BCUT2D eigenvalue weighted by Crippen LogP contribution is 2.29. The Balaban J connectivity index is 0.00000243. The lowest BCUT2D eigenvalue weighted by Crippen LogP contribution is -2.28. The summed E-state index contributed by atoms with van der Waals surface area (Å²) in [6.07, 6.45) is 0. The molecule has 0 saturated carbocycles. The second-order valence-electron chi connectivity index (χ2n) is 6.34. The third kappa shape index (κ3) is 4.19. The van der Waals surface area contributed by atoms with Gasteiger partial charge in [0.25, 0.3) is 5.69 Å². The smallest absolute Gasteiger partial charge is 0.274 e. The summed E-state index contributed by atoms with van der Waals surface area (Å²) >= 11 is 0. The lowest BCUT2D eigenvalue weighted by atomic mass is 9.95. The Morgan fingerprint density at radius 2 is 1.88 bits per heavy atom. The topological polar surface area (TPSA) is 115 Å². The van der Waals surface area contributed by atoms with Crippen LogP contribution in [0, 0.1) is 10.1 Å². The van der Waals surface area contributed by atoms with Gasteiger partial charge in [0.05, 0.1) is 4.92 Å². The Morgan fingerprint density at radius 1 is 1.19 bits per heavy atom. The van der Waals surface area contributed by atoms with Crippen molar-refractivity contribution in [2.75, 3.05) is 13.1 Å². The fourth-order valence-corrected chi connectivity index (χ4v) is 3.36. The van der Waals surface area contributed by atoms with E-state index in [1.54, 1.807) is 6.07 Å². The molecule has 138 valence electrons. The normalized spacial score (nSPS) is 19.7. The molecule has 3 rings (SSSR count). The van der Waals surface area contributed by atoms with Crippen LogP contribution < -0.4 is 11.5 Å². The predicted molar refractivity (Wildman–Crippen MR) is 101 cm³/mol. The standard InChI is InChI=1S/C18H20N4O3.ClH/c19-16-11-21(10-15(16)12-4-2-1-3-5-12)9-14-7-6-13(18(20)23)8-17(14)22(24)25;/h1-8,15-16H,9-11,19H2,(H2,20,23);1H/t15-,16+;/m0./s1. The number of halogens is 1. The molecule has 2 aromatic carbocycles. The molecule has 4 N–H and O–H groups in total. The van der Waals surface area contributed by atoms with Gasteiger partial charge in [-0.3, -0.25) is 19.8 Å². The molecule has 1 heterocycles. The fourth-order valence-electron chi connectivity index (χ4n) is 3.36. The van der Waals surface area contributed by atoms with Crippen LogP contribution in [0.15, 0.2) is 48.5 Å². The van der Waals surface area contributed by atoms with E-state index < -0.39 is 10.8 Å². The molecule has 0 aliphatic carbocycles. The number of primary amides is 1. The zero-order valence-electron chi connectivity index (χ0n) is 14.1. The van der Waals surface area contributed by atoms with Gasteiger partial charge in [0.15, 0.2) is 0 Å². The number of hydrogen-bond acceptors (Lipinski definition) is 5. The number of hydrogen-bond donors (Lipinski definition) is 2.